The van der Waals surface area contributed by atoms with E-state index in [2.05, 4.69) is 20.2 Å². The lowest BCUT2D eigenvalue weighted by Crippen LogP contribution is -2.31. The van der Waals surface area contributed by atoms with Crippen LogP contribution >= 0.6 is 0 Å². The summed E-state index contributed by atoms with van der Waals surface area (Å²) in [6.07, 6.45) is 3.06. The van der Waals surface area contributed by atoms with E-state index in [4.69, 9.17) is 5.26 Å². The maximum Gasteiger partial charge on any atom is 0.294 e. The Bertz CT molecular complexity index is 1280. The Balaban J connectivity index is 2.01. The predicted molar refractivity (Wildman–Crippen MR) is 117 cm³/mol. The molecular formula is C21H19N5O6S. The van der Waals surface area contributed by atoms with Crippen molar-refractivity contribution in [2.24, 2.45) is 15.4 Å². The fourth-order valence-corrected chi connectivity index (χ4v) is 3.98. The maximum atomic E-state index is 11.7. The highest BCUT2D eigenvalue weighted by Crippen LogP contribution is 2.40. The molecule has 1 aliphatic heterocycles. The van der Waals surface area contributed by atoms with Crippen LogP contribution in [0.5, 0.6) is 0 Å². The molecule has 12 heteroatoms. The van der Waals surface area contributed by atoms with Crippen LogP contribution < -0.4 is 0 Å². The van der Waals surface area contributed by atoms with Crippen LogP contribution in [-0.2, 0) is 20.2 Å². The number of azo groups is 1. The summed E-state index contributed by atoms with van der Waals surface area (Å²) in [6.45, 7) is -0.198. The minimum absolute atomic E-state index is 0.111. The summed E-state index contributed by atoms with van der Waals surface area (Å²) in [5.74, 6) is 0. The lowest BCUT2D eigenvalue weighted by atomic mass is 9.83. The van der Waals surface area contributed by atoms with Crippen molar-refractivity contribution in [2.45, 2.75) is 23.3 Å². The van der Waals surface area contributed by atoms with Crippen molar-refractivity contribution in [2.75, 3.05) is 12.9 Å². The normalized spacial score (nSPS) is 17.9. The van der Waals surface area contributed by atoms with Crippen molar-refractivity contribution in [1.29, 1.82) is 5.26 Å². The number of rotatable bonds is 9. The third kappa shape index (κ3) is 5.21. The number of benzene rings is 2. The molecule has 2 aromatic carbocycles. The van der Waals surface area contributed by atoms with Crippen LogP contribution in [0.3, 0.4) is 0 Å². The second-order valence-corrected chi connectivity index (χ2v) is 9.20. The molecular weight excluding hydrogens is 450 g/mol. The fraction of sp³-hybridized carbons (Fsp3) is 0.238. The summed E-state index contributed by atoms with van der Waals surface area (Å²) in [7, 11) is -3.36. The summed E-state index contributed by atoms with van der Waals surface area (Å²) in [6, 6.07) is 14.6. The fourth-order valence-electron chi connectivity index (χ4n) is 3.35. The van der Waals surface area contributed by atoms with Gasteiger partial charge in [0, 0.05) is 11.8 Å². The standard InChI is InChI=1S/C21H19N5O6S/c1-33(30,31)18-10-6-16(7-11-18)19-13-21(25-23-19,17-8-4-15(14-22)5-9-17)20(24-27)3-2-12-32-26(28)29/h4-11,13,27H,2-3,12H2,1H3. The lowest BCUT2D eigenvalue weighted by molar-refractivity contribution is -0.757. The highest BCUT2D eigenvalue weighted by Gasteiger charge is 2.40. The molecule has 1 N–H and O–H groups in total. The highest BCUT2D eigenvalue weighted by molar-refractivity contribution is 7.90. The Morgan fingerprint density at radius 3 is 2.45 bits per heavy atom. The number of hydrogen-bond acceptors (Lipinski definition) is 10. The van der Waals surface area contributed by atoms with E-state index in [1.54, 1.807) is 42.5 Å². The molecule has 33 heavy (non-hydrogen) atoms. The Labute approximate surface area is 189 Å². The molecule has 0 fully saturated rings. The van der Waals surface area contributed by atoms with Crippen molar-refractivity contribution < 1.29 is 23.5 Å². The zero-order valence-electron chi connectivity index (χ0n) is 17.5. The molecule has 3 rings (SSSR count). The molecule has 0 saturated carbocycles. The van der Waals surface area contributed by atoms with Gasteiger partial charge in [0.2, 0.25) is 0 Å². The first-order chi connectivity index (χ1) is 15.7. The number of nitrogens with zero attached hydrogens (tertiary/aromatic N) is 5. The molecule has 11 nitrogen and oxygen atoms in total. The van der Waals surface area contributed by atoms with Gasteiger partial charge >= 0.3 is 0 Å². The monoisotopic (exact) mass is 469 g/mol. The molecule has 1 aliphatic rings. The molecule has 1 unspecified atom stereocenters. The van der Waals surface area contributed by atoms with Gasteiger partial charge in [0.05, 0.1) is 34.5 Å². The van der Waals surface area contributed by atoms with Crippen LogP contribution in [0.1, 0.15) is 29.5 Å². The van der Waals surface area contributed by atoms with E-state index >= 15 is 0 Å². The molecule has 0 radical (unpaired) electrons. The van der Waals surface area contributed by atoms with Crippen molar-refractivity contribution >= 4 is 21.2 Å². The Morgan fingerprint density at radius 1 is 1.24 bits per heavy atom. The van der Waals surface area contributed by atoms with Gasteiger partial charge in [0.15, 0.2) is 15.4 Å². The van der Waals surface area contributed by atoms with Crippen LogP contribution in [-0.4, -0.2) is 37.3 Å². The van der Waals surface area contributed by atoms with Gasteiger partial charge in [-0.2, -0.15) is 15.5 Å². The van der Waals surface area contributed by atoms with Gasteiger partial charge in [-0.1, -0.05) is 29.4 Å². The van der Waals surface area contributed by atoms with E-state index in [0.29, 0.717) is 22.4 Å². The molecule has 2 aromatic rings. The second kappa shape index (κ2) is 9.58. The largest absolute Gasteiger partial charge is 0.411 e. The van der Waals surface area contributed by atoms with Crippen molar-refractivity contribution in [3.05, 3.63) is 81.4 Å². The van der Waals surface area contributed by atoms with Crippen LogP contribution in [0.4, 0.5) is 0 Å². The molecule has 0 bridgehead atoms. The SMILES string of the molecule is CS(=O)(=O)c1ccc(C2=CC(C(CCCO[N+](=O)[O-])=NO)(c3ccc(C#N)cc3)N=N2)cc1. The first-order valence-electron chi connectivity index (χ1n) is 9.65. The van der Waals surface area contributed by atoms with Gasteiger partial charge in [0.1, 0.15) is 0 Å². The van der Waals surface area contributed by atoms with Gasteiger partial charge in [-0.15, -0.1) is 10.1 Å². The Hall–Kier alpha value is -4.11. The van der Waals surface area contributed by atoms with Crippen LogP contribution in [0.15, 0.2) is 74.9 Å². The molecule has 1 heterocycles. The topological polar surface area (TPSA) is 168 Å². The lowest BCUT2D eigenvalue weighted by Gasteiger charge is -2.24. The summed E-state index contributed by atoms with van der Waals surface area (Å²) in [5.41, 5.74) is 0.855. The van der Waals surface area contributed by atoms with E-state index in [1.807, 2.05) is 6.07 Å². The second-order valence-electron chi connectivity index (χ2n) is 7.19. The molecule has 0 spiro atoms. The van der Waals surface area contributed by atoms with Crippen molar-refractivity contribution in [3.8, 4) is 6.07 Å². The zero-order chi connectivity index (χ0) is 24.1. The van der Waals surface area contributed by atoms with Gasteiger partial charge in [-0.3, -0.25) is 0 Å². The molecule has 0 saturated heterocycles. The molecule has 0 aliphatic carbocycles. The summed E-state index contributed by atoms with van der Waals surface area (Å²) < 4.78 is 23.5. The van der Waals surface area contributed by atoms with E-state index < -0.39 is 20.5 Å². The van der Waals surface area contributed by atoms with Crippen molar-refractivity contribution in [1.82, 2.24) is 0 Å². The van der Waals surface area contributed by atoms with E-state index in [0.717, 1.165) is 6.26 Å². The zero-order valence-corrected chi connectivity index (χ0v) is 18.3. The van der Waals surface area contributed by atoms with Gasteiger partial charge in [0.25, 0.3) is 5.09 Å². The average Bonchev–Trinajstić information content (AvgIpc) is 3.25. The average molecular weight is 469 g/mol. The van der Waals surface area contributed by atoms with E-state index in [9.17, 15) is 23.7 Å². The summed E-state index contributed by atoms with van der Waals surface area (Å²) >= 11 is 0. The van der Waals surface area contributed by atoms with E-state index in [1.165, 1.54) is 12.1 Å². The van der Waals surface area contributed by atoms with Crippen LogP contribution in [0.25, 0.3) is 5.70 Å². The van der Waals surface area contributed by atoms with Crippen LogP contribution in [0.2, 0.25) is 0 Å². The van der Waals surface area contributed by atoms with Crippen LogP contribution in [0, 0.1) is 21.4 Å². The van der Waals surface area contributed by atoms with Gasteiger partial charge in [-0.05, 0) is 48.7 Å². The van der Waals surface area contributed by atoms with E-state index in [-0.39, 0.29) is 30.1 Å². The number of nitriles is 1. The Kier molecular flexibility index (Phi) is 6.83. The summed E-state index contributed by atoms with van der Waals surface area (Å²) in [4.78, 5) is 14.9. The summed E-state index contributed by atoms with van der Waals surface area (Å²) in [5, 5.41) is 40.4. The number of hydrogen-bond donors (Lipinski definition) is 1. The van der Waals surface area contributed by atoms with Gasteiger partial charge in [-0.25, -0.2) is 8.42 Å². The third-order valence-corrected chi connectivity index (χ3v) is 6.14. The Morgan fingerprint density at radius 2 is 1.91 bits per heavy atom. The number of sulfone groups is 1. The number of oxime groups is 1. The first kappa shape index (κ1) is 23.6. The molecule has 1 atom stereocenters. The van der Waals surface area contributed by atoms with Crippen molar-refractivity contribution in [3.63, 3.8) is 0 Å². The molecule has 170 valence electrons. The van der Waals surface area contributed by atoms with Gasteiger partial charge < -0.3 is 10.0 Å². The first-order valence-corrected chi connectivity index (χ1v) is 11.5. The quantitative estimate of drug-likeness (QED) is 0.193. The third-order valence-electron chi connectivity index (χ3n) is 5.01. The smallest absolute Gasteiger partial charge is 0.294 e. The predicted octanol–water partition coefficient (Wildman–Crippen LogP) is 3.48. The maximum absolute atomic E-state index is 11.7. The molecule has 0 amide bonds. The minimum atomic E-state index is -3.36. The minimum Gasteiger partial charge on any atom is -0.411 e. The molecule has 0 aromatic heterocycles. The highest BCUT2D eigenvalue weighted by atomic mass is 32.2.